The van der Waals surface area contributed by atoms with E-state index in [1.54, 1.807) is 43.5 Å². The van der Waals surface area contributed by atoms with Gasteiger partial charge in [-0.15, -0.1) is 5.10 Å². The van der Waals surface area contributed by atoms with Crippen molar-refractivity contribution in [1.82, 2.24) is 10.2 Å². The van der Waals surface area contributed by atoms with Gasteiger partial charge in [-0.05, 0) is 47.5 Å². The van der Waals surface area contributed by atoms with E-state index in [0.717, 1.165) is 5.56 Å². The number of hydrogen-bond donors (Lipinski definition) is 1. The van der Waals surface area contributed by atoms with E-state index in [-0.39, 0.29) is 5.69 Å². The number of nitro benzene ring substituents is 1. The zero-order valence-electron chi connectivity index (χ0n) is 15.4. The Bertz CT molecular complexity index is 1040. The summed E-state index contributed by atoms with van der Waals surface area (Å²) >= 11 is 0. The molecule has 1 heterocycles. The lowest BCUT2D eigenvalue weighted by Gasteiger charge is -2.09. The Kier molecular flexibility index (Phi) is 6.07. The summed E-state index contributed by atoms with van der Waals surface area (Å²) in [5.41, 5.74) is 4.75. The maximum atomic E-state index is 10.6. The molecule has 0 spiro atoms. The van der Waals surface area contributed by atoms with E-state index in [0.29, 0.717) is 22.8 Å². The van der Waals surface area contributed by atoms with Gasteiger partial charge in [0.1, 0.15) is 11.7 Å². The van der Waals surface area contributed by atoms with E-state index in [1.165, 1.54) is 18.3 Å². The van der Waals surface area contributed by atoms with Crippen molar-refractivity contribution in [2.24, 2.45) is 5.10 Å². The lowest BCUT2D eigenvalue weighted by molar-refractivity contribution is -0.384. The van der Waals surface area contributed by atoms with E-state index in [9.17, 15) is 15.4 Å². The van der Waals surface area contributed by atoms with Gasteiger partial charge in [0.25, 0.3) is 5.69 Å². The molecule has 0 aliphatic carbocycles. The summed E-state index contributed by atoms with van der Waals surface area (Å²) in [7, 11) is 1.58. The molecule has 0 bridgehead atoms. The first-order valence-corrected chi connectivity index (χ1v) is 8.51. The topological polar surface area (TPSA) is 126 Å². The number of rotatable bonds is 7. The molecule has 0 aliphatic rings. The molecule has 0 saturated heterocycles. The van der Waals surface area contributed by atoms with Gasteiger partial charge in [-0.1, -0.05) is 12.1 Å². The van der Waals surface area contributed by atoms with Gasteiger partial charge in [0.05, 0.1) is 30.0 Å². The Morgan fingerprint density at radius 3 is 2.41 bits per heavy atom. The van der Waals surface area contributed by atoms with Gasteiger partial charge >= 0.3 is 0 Å². The number of non-ortho nitro benzene ring substituents is 1. The standard InChI is InChI=1S/C20H16N6O3/c1-29-17-8-4-15(5-9-17)18(12-21)19-10-11-20(25-23-19)24-22-13-14-2-6-16(7-3-14)26(27)28/h2-11,13,18H,1H3,(H,24,25)/b22-13+. The van der Waals surface area contributed by atoms with Crippen LogP contribution in [-0.2, 0) is 0 Å². The van der Waals surface area contributed by atoms with Crippen molar-refractivity contribution in [2.45, 2.75) is 5.92 Å². The van der Waals surface area contributed by atoms with Crippen molar-refractivity contribution < 1.29 is 9.66 Å². The summed E-state index contributed by atoms with van der Waals surface area (Å²) in [6.07, 6.45) is 1.51. The monoisotopic (exact) mass is 388 g/mol. The number of benzene rings is 2. The van der Waals surface area contributed by atoms with Gasteiger partial charge in [-0.2, -0.15) is 15.5 Å². The molecular weight excluding hydrogens is 372 g/mol. The van der Waals surface area contributed by atoms with Crippen molar-refractivity contribution in [2.75, 3.05) is 12.5 Å². The summed E-state index contributed by atoms with van der Waals surface area (Å²) in [4.78, 5) is 10.2. The minimum atomic E-state index is -0.550. The van der Waals surface area contributed by atoms with Crippen LogP contribution in [0.5, 0.6) is 5.75 Å². The Labute approximate surface area is 166 Å². The number of nitro groups is 1. The SMILES string of the molecule is COc1ccc(C(C#N)c2ccc(N/N=C/c3ccc([N+](=O)[O-])cc3)nn2)cc1. The number of anilines is 1. The number of ether oxygens (including phenoxy) is 1. The zero-order valence-corrected chi connectivity index (χ0v) is 15.4. The van der Waals surface area contributed by atoms with Crippen molar-refractivity contribution >= 4 is 17.7 Å². The molecule has 1 atom stereocenters. The number of nitrogens with one attached hydrogen (secondary N) is 1. The van der Waals surface area contributed by atoms with Crippen molar-refractivity contribution in [3.8, 4) is 11.8 Å². The molecule has 9 nitrogen and oxygen atoms in total. The smallest absolute Gasteiger partial charge is 0.269 e. The van der Waals surface area contributed by atoms with E-state index in [2.05, 4.69) is 26.8 Å². The minimum absolute atomic E-state index is 0.0143. The molecule has 1 N–H and O–H groups in total. The van der Waals surface area contributed by atoms with E-state index < -0.39 is 10.8 Å². The molecule has 1 aromatic heterocycles. The number of aromatic nitrogens is 2. The van der Waals surface area contributed by atoms with Crippen LogP contribution in [0.2, 0.25) is 0 Å². The van der Waals surface area contributed by atoms with E-state index >= 15 is 0 Å². The fraction of sp³-hybridized carbons (Fsp3) is 0.100. The lowest BCUT2D eigenvalue weighted by Crippen LogP contribution is -2.04. The summed E-state index contributed by atoms with van der Waals surface area (Å²) in [6.45, 7) is 0. The molecule has 144 valence electrons. The highest BCUT2D eigenvalue weighted by atomic mass is 16.6. The average molecular weight is 388 g/mol. The Morgan fingerprint density at radius 1 is 1.14 bits per heavy atom. The fourth-order valence-electron chi connectivity index (χ4n) is 2.52. The predicted molar refractivity (Wildman–Crippen MR) is 107 cm³/mol. The highest BCUT2D eigenvalue weighted by molar-refractivity contribution is 5.80. The number of hydrazone groups is 1. The third-order valence-electron chi connectivity index (χ3n) is 4.06. The largest absolute Gasteiger partial charge is 0.497 e. The average Bonchev–Trinajstić information content (AvgIpc) is 2.76. The molecule has 29 heavy (non-hydrogen) atoms. The van der Waals surface area contributed by atoms with Gasteiger partial charge in [-0.25, -0.2) is 0 Å². The molecule has 0 radical (unpaired) electrons. The van der Waals surface area contributed by atoms with Gasteiger partial charge < -0.3 is 4.74 Å². The van der Waals surface area contributed by atoms with Crippen LogP contribution in [0.3, 0.4) is 0 Å². The minimum Gasteiger partial charge on any atom is -0.497 e. The van der Waals surface area contributed by atoms with Crippen LogP contribution in [-0.4, -0.2) is 28.4 Å². The van der Waals surface area contributed by atoms with Gasteiger partial charge in [0.15, 0.2) is 5.82 Å². The molecule has 2 aromatic carbocycles. The maximum absolute atomic E-state index is 10.6. The number of nitriles is 1. The summed E-state index contributed by atoms with van der Waals surface area (Å²) in [5, 5.41) is 32.3. The number of hydrogen-bond acceptors (Lipinski definition) is 8. The highest BCUT2D eigenvalue weighted by Crippen LogP contribution is 2.24. The molecule has 0 amide bonds. The second-order valence-electron chi connectivity index (χ2n) is 5.90. The Hall–Kier alpha value is -4.32. The molecule has 1 unspecified atom stereocenters. The van der Waals surface area contributed by atoms with Gasteiger partial charge in [0, 0.05) is 12.1 Å². The van der Waals surface area contributed by atoms with Crippen molar-refractivity contribution in [3.05, 3.63) is 87.6 Å². The third kappa shape index (κ3) is 4.90. The van der Waals surface area contributed by atoms with Crippen LogP contribution >= 0.6 is 0 Å². The molecule has 3 rings (SSSR count). The van der Waals surface area contributed by atoms with Crippen LogP contribution in [0.1, 0.15) is 22.7 Å². The molecule has 0 aliphatic heterocycles. The van der Waals surface area contributed by atoms with Crippen LogP contribution in [0, 0.1) is 21.4 Å². The van der Waals surface area contributed by atoms with Crippen LogP contribution < -0.4 is 10.2 Å². The second kappa shape index (κ2) is 9.05. The normalized spacial score (nSPS) is 11.6. The summed E-state index contributed by atoms with van der Waals surface area (Å²) in [5.74, 6) is 0.561. The second-order valence-corrected chi connectivity index (χ2v) is 5.90. The summed E-state index contributed by atoms with van der Waals surface area (Å²) in [6, 6.07) is 18.8. The number of methoxy groups -OCH3 is 1. The first kappa shape index (κ1) is 19.4. The van der Waals surface area contributed by atoms with Crippen LogP contribution in [0.25, 0.3) is 0 Å². The summed E-state index contributed by atoms with van der Waals surface area (Å²) < 4.78 is 5.13. The van der Waals surface area contributed by atoms with Gasteiger partial charge in [-0.3, -0.25) is 15.5 Å². The Balaban J connectivity index is 1.65. The van der Waals surface area contributed by atoms with Crippen molar-refractivity contribution in [3.63, 3.8) is 0 Å². The molecule has 9 heteroatoms. The van der Waals surface area contributed by atoms with Crippen LogP contribution in [0.4, 0.5) is 11.5 Å². The first-order valence-electron chi connectivity index (χ1n) is 8.51. The molecule has 0 fully saturated rings. The Morgan fingerprint density at radius 2 is 1.86 bits per heavy atom. The van der Waals surface area contributed by atoms with E-state index in [4.69, 9.17) is 4.74 Å². The third-order valence-corrected chi connectivity index (χ3v) is 4.06. The highest BCUT2D eigenvalue weighted by Gasteiger charge is 2.15. The molecule has 0 saturated carbocycles. The van der Waals surface area contributed by atoms with E-state index in [1.807, 2.05) is 12.1 Å². The van der Waals surface area contributed by atoms with Crippen molar-refractivity contribution in [1.29, 1.82) is 5.26 Å². The first-order chi connectivity index (χ1) is 14.1. The maximum Gasteiger partial charge on any atom is 0.269 e. The molecular formula is C20H16N6O3. The van der Waals surface area contributed by atoms with Crippen LogP contribution in [0.15, 0.2) is 65.8 Å². The molecule has 3 aromatic rings. The predicted octanol–water partition coefficient (Wildman–Crippen LogP) is 3.49. The number of nitrogens with zero attached hydrogens (tertiary/aromatic N) is 5. The quantitative estimate of drug-likeness (QED) is 0.373. The zero-order chi connectivity index (χ0) is 20.6. The fourth-order valence-corrected chi connectivity index (χ4v) is 2.52. The lowest BCUT2D eigenvalue weighted by atomic mass is 9.97. The van der Waals surface area contributed by atoms with Gasteiger partial charge in [0.2, 0.25) is 0 Å².